The summed E-state index contributed by atoms with van der Waals surface area (Å²) in [5.74, 6) is 0. The lowest BCUT2D eigenvalue weighted by molar-refractivity contribution is 0.146. The Morgan fingerprint density at radius 1 is 1.42 bits per heavy atom. The molecule has 0 aliphatic carbocycles. The van der Waals surface area contributed by atoms with Gasteiger partial charge in [-0.3, -0.25) is 10.3 Å². The van der Waals surface area contributed by atoms with Crippen molar-refractivity contribution in [2.45, 2.75) is 13.3 Å². The lowest BCUT2D eigenvalue weighted by Gasteiger charge is -2.08. The highest BCUT2D eigenvalue weighted by Crippen LogP contribution is 2.16. The molecular weight excluding hydrogens is 338 g/mol. The number of hydrogen-bond acceptors (Lipinski definition) is 4. The molecule has 24 heavy (non-hydrogen) atoms. The number of thiocarbonyl (C=S) groups is 1. The quantitative estimate of drug-likeness (QED) is 0.863. The van der Waals surface area contributed by atoms with Crippen LogP contribution in [0.3, 0.4) is 0 Å². The highest BCUT2D eigenvalue weighted by molar-refractivity contribution is 7.80. The molecule has 0 atom stereocenters. The van der Waals surface area contributed by atoms with Crippen molar-refractivity contribution in [1.82, 2.24) is 14.9 Å². The van der Waals surface area contributed by atoms with E-state index in [2.05, 4.69) is 15.3 Å². The van der Waals surface area contributed by atoms with Crippen LogP contribution in [0.25, 0.3) is 5.69 Å². The second-order valence-corrected chi connectivity index (χ2v) is 4.82. The summed E-state index contributed by atoms with van der Waals surface area (Å²) < 4.78 is 31.5. The lowest BCUT2D eigenvalue weighted by Crippen LogP contribution is -2.31. The first kappa shape index (κ1) is 17.7. The van der Waals surface area contributed by atoms with Gasteiger partial charge >= 0.3 is 6.09 Å². The average molecular weight is 352 g/mol. The van der Waals surface area contributed by atoms with Gasteiger partial charge < -0.3 is 9.30 Å². The molecule has 2 heterocycles. The third-order valence-electron chi connectivity index (χ3n) is 2.81. The maximum atomic E-state index is 12.6. The molecule has 1 amide bonds. The number of alkyl carbamates (subject to hydrolysis) is 1. The van der Waals surface area contributed by atoms with Crippen LogP contribution < -0.4 is 10.8 Å². The predicted octanol–water partition coefficient (Wildman–Crippen LogP) is 2.74. The number of alkyl halides is 2. The zero-order valence-corrected chi connectivity index (χ0v) is 13.5. The van der Waals surface area contributed by atoms with Crippen molar-refractivity contribution < 1.29 is 18.3 Å². The van der Waals surface area contributed by atoms with Gasteiger partial charge in [-0.2, -0.15) is 0 Å². The van der Waals surface area contributed by atoms with Gasteiger partial charge in [-0.25, -0.2) is 18.6 Å². The molecule has 6 nitrogen and oxygen atoms in total. The largest absolute Gasteiger partial charge is 0.450 e. The minimum atomic E-state index is -2.63. The van der Waals surface area contributed by atoms with Gasteiger partial charge in [0.15, 0.2) is 0 Å². The third kappa shape index (κ3) is 4.66. The molecule has 0 spiro atoms. The maximum absolute atomic E-state index is 12.6. The third-order valence-corrected chi connectivity index (χ3v) is 3.00. The molecule has 9 heteroatoms. The summed E-state index contributed by atoms with van der Waals surface area (Å²) in [4.78, 5) is 19.2. The Morgan fingerprint density at radius 3 is 2.83 bits per heavy atom. The highest BCUT2D eigenvalue weighted by Gasteiger charge is 2.09. The summed E-state index contributed by atoms with van der Waals surface area (Å²) in [5.41, 5.74) is 0.608. The number of hydrogen-bond donors (Lipinski definition) is 1. The molecule has 0 bridgehead atoms. The number of nitrogens with one attached hydrogen (secondary N) is 1. The van der Waals surface area contributed by atoms with Gasteiger partial charge in [0.1, 0.15) is 11.2 Å². The number of pyridine rings is 2. The number of halogens is 2. The van der Waals surface area contributed by atoms with Crippen molar-refractivity contribution >= 4 is 23.4 Å². The lowest BCUT2D eigenvalue weighted by atomic mass is 10.3. The van der Waals surface area contributed by atoms with Crippen molar-refractivity contribution in [2.75, 3.05) is 6.61 Å². The molecule has 0 radical (unpaired) electrons. The number of rotatable bonds is 3. The molecule has 0 aliphatic rings. The Kier molecular flexibility index (Phi) is 6.07. The smallest absolute Gasteiger partial charge is 0.413 e. The number of aromatic nitrogens is 2. The second kappa shape index (κ2) is 8.25. The minimum Gasteiger partial charge on any atom is -0.450 e. The Morgan fingerprint density at radius 2 is 2.21 bits per heavy atom. The summed E-state index contributed by atoms with van der Waals surface area (Å²) in [6.07, 6.45) is -0.352. The van der Waals surface area contributed by atoms with Crippen molar-refractivity contribution in [2.24, 2.45) is 4.99 Å². The van der Waals surface area contributed by atoms with E-state index in [9.17, 15) is 13.6 Å². The molecule has 0 fully saturated rings. The van der Waals surface area contributed by atoms with Crippen LogP contribution in [0.2, 0.25) is 0 Å². The van der Waals surface area contributed by atoms with Crippen LogP contribution in [0.4, 0.5) is 13.6 Å². The van der Waals surface area contributed by atoms with Crippen LogP contribution in [0, 0.1) is 0 Å². The average Bonchev–Trinajstić information content (AvgIpc) is 2.55. The highest BCUT2D eigenvalue weighted by atomic mass is 32.1. The van der Waals surface area contributed by atoms with Crippen LogP contribution in [0.15, 0.2) is 47.7 Å². The first-order chi connectivity index (χ1) is 11.5. The zero-order chi connectivity index (χ0) is 17.5. The van der Waals surface area contributed by atoms with Gasteiger partial charge in [0.05, 0.1) is 18.5 Å². The van der Waals surface area contributed by atoms with Gasteiger partial charge in [-0.15, -0.1) is 0 Å². The van der Waals surface area contributed by atoms with E-state index in [0.717, 1.165) is 0 Å². The Balaban J connectivity index is 2.31. The van der Waals surface area contributed by atoms with Crippen molar-refractivity contribution in [1.29, 1.82) is 0 Å². The number of carbonyl (C=O) groups is 1. The summed E-state index contributed by atoms with van der Waals surface area (Å²) >= 11 is 4.98. The van der Waals surface area contributed by atoms with E-state index in [1.807, 2.05) is 0 Å². The van der Waals surface area contributed by atoms with E-state index in [1.165, 1.54) is 18.3 Å². The van der Waals surface area contributed by atoms with Gasteiger partial charge in [-0.05, 0) is 43.4 Å². The Labute approximate surface area is 141 Å². The van der Waals surface area contributed by atoms with E-state index in [4.69, 9.17) is 17.0 Å². The fourth-order valence-electron chi connectivity index (χ4n) is 1.80. The molecule has 0 aromatic carbocycles. The maximum Gasteiger partial charge on any atom is 0.413 e. The molecule has 1 N–H and O–H groups in total. The van der Waals surface area contributed by atoms with Crippen LogP contribution >= 0.6 is 12.2 Å². The summed E-state index contributed by atoms with van der Waals surface area (Å²) in [7, 11) is 0. The van der Waals surface area contributed by atoms with Gasteiger partial charge in [0.2, 0.25) is 5.11 Å². The fraction of sp³-hybridized carbons (Fsp3) is 0.200. The minimum absolute atomic E-state index is 0.0782. The molecule has 2 aromatic heterocycles. The molecular formula is C15H14F2N4O2S. The van der Waals surface area contributed by atoms with Crippen LogP contribution in [-0.4, -0.2) is 27.4 Å². The van der Waals surface area contributed by atoms with Crippen LogP contribution in [0.5, 0.6) is 0 Å². The fourth-order valence-corrected chi connectivity index (χ4v) is 1.98. The first-order valence-corrected chi connectivity index (χ1v) is 7.36. The molecule has 0 saturated heterocycles. The monoisotopic (exact) mass is 352 g/mol. The van der Waals surface area contributed by atoms with Gasteiger partial charge in [-0.1, -0.05) is 6.07 Å². The molecule has 0 saturated carbocycles. The molecule has 2 aromatic rings. The topological polar surface area (TPSA) is 68.5 Å². The summed E-state index contributed by atoms with van der Waals surface area (Å²) in [6.45, 7) is 1.88. The van der Waals surface area contributed by atoms with E-state index in [1.54, 1.807) is 35.9 Å². The van der Waals surface area contributed by atoms with E-state index in [0.29, 0.717) is 11.2 Å². The summed E-state index contributed by atoms with van der Waals surface area (Å²) in [5, 5.41) is 2.23. The second-order valence-electron chi connectivity index (χ2n) is 4.43. The number of carbonyl (C=O) groups excluding carboxylic acids is 1. The molecule has 2 rings (SSSR count). The molecule has 0 unspecified atom stereocenters. The van der Waals surface area contributed by atoms with E-state index >= 15 is 0 Å². The normalized spacial score (nSPS) is 11.4. The van der Waals surface area contributed by atoms with E-state index in [-0.39, 0.29) is 17.4 Å². The SMILES string of the molecule is CCOC(=O)NC(=S)N=c1ccccn1-c1ccc(C(F)F)nc1. The first-order valence-electron chi connectivity index (χ1n) is 6.96. The van der Waals surface area contributed by atoms with Gasteiger partial charge in [0.25, 0.3) is 6.43 Å². The number of nitrogens with zero attached hydrogens (tertiary/aromatic N) is 3. The zero-order valence-electron chi connectivity index (χ0n) is 12.6. The Hall–Kier alpha value is -2.68. The Bertz CT molecular complexity index is 791. The number of amides is 1. The number of ether oxygens (including phenoxy) is 1. The van der Waals surface area contributed by atoms with Crippen molar-refractivity contribution in [3.8, 4) is 5.69 Å². The molecule has 0 aliphatic heterocycles. The van der Waals surface area contributed by atoms with Crippen LogP contribution in [0.1, 0.15) is 19.0 Å². The van der Waals surface area contributed by atoms with Crippen molar-refractivity contribution in [3.63, 3.8) is 0 Å². The van der Waals surface area contributed by atoms with Gasteiger partial charge in [0, 0.05) is 6.20 Å². The van der Waals surface area contributed by atoms with Crippen LogP contribution in [-0.2, 0) is 4.74 Å². The van der Waals surface area contributed by atoms with Crippen molar-refractivity contribution in [3.05, 3.63) is 53.9 Å². The van der Waals surface area contributed by atoms with E-state index < -0.39 is 12.5 Å². The molecule has 126 valence electrons. The summed E-state index contributed by atoms with van der Waals surface area (Å²) in [6, 6.07) is 7.85. The standard InChI is InChI=1S/C15H14F2N4O2S/c1-2-23-15(22)20-14(24)19-12-5-3-4-8-21(12)10-6-7-11(13(16)17)18-9-10/h3-9,13H,2H2,1H3,(H,20,22,24). The predicted molar refractivity (Wildman–Crippen MR) is 86.8 cm³/mol.